The second-order valence-corrected chi connectivity index (χ2v) is 5.40. The lowest BCUT2D eigenvalue weighted by atomic mass is 10.1. The summed E-state index contributed by atoms with van der Waals surface area (Å²) in [5.41, 5.74) is 3.08. The highest BCUT2D eigenvalue weighted by Crippen LogP contribution is 2.28. The molecule has 0 radical (unpaired) electrons. The minimum atomic E-state index is 0.403. The van der Waals surface area contributed by atoms with Crippen molar-refractivity contribution in [1.29, 1.82) is 0 Å². The highest BCUT2D eigenvalue weighted by Gasteiger charge is 2.06. The lowest BCUT2D eigenvalue weighted by Gasteiger charge is -2.13. The number of aryl methyl sites for hydroxylation is 2. The smallest absolute Gasteiger partial charge is 0.161 e. The van der Waals surface area contributed by atoms with Crippen molar-refractivity contribution in [1.82, 2.24) is 0 Å². The monoisotopic (exact) mass is 329 g/mol. The first kappa shape index (κ1) is 17.7. The Bertz CT molecular complexity index is 678. The van der Waals surface area contributed by atoms with Crippen LogP contribution in [0.25, 0.3) is 0 Å². The van der Waals surface area contributed by atoms with E-state index in [2.05, 4.69) is 11.2 Å². The predicted octanol–water partition coefficient (Wildman–Crippen LogP) is 3.97. The van der Waals surface area contributed by atoms with Gasteiger partial charge in [0.1, 0.15) is 19.0 Å². The average molecular weight is 329 g/mol. The molecule has 2 rings (SSSR count). The Morgan fingerprint density at radius 2 is 1.62 bits per heavy atom. The topological polar surface area (TPSA) is 60.3 Å². The van der Waals surface area contributed by atoms with Crippen LogP contribution in [0.4, 0.5) is 0 Å². The van der Waals surface area contributed by atoms with Gasteiger partial charge < -0.3 is 19.4 Å². The number of hydrogen-bond acceptors (Lipinski definition) is 5. The summed E-state index contributed by atoms with van der Waals surface area (Å²) < 4.78 is 17.0. The van der Waals surface area contributed by atoms with Gasteiger partial charge in [0.2, 0.25) is 0 Å². The van der Waals surface area contributed by atoms with Gasteiger partial charge in [-0.1, -0.05) is 11.2 Å². The Labute approximate surface area is 142 Å². The molecule has 0 unspecified atom stereocenters. The fourth-order valence-electron chi connectivity index (χ4n) is 2.39. The van der Waals surface area contributed by atoms with E-state index in [4.69, 9.17) is 19.4 Å². The average Bonchev–Trinajstić information content (AvgIpc) is 2.53. The molecule has 128 valence electrons. The highest BCUT2D eigenvalue weighted by atomic mass is 16.5. The molecular weight excluding hydrogens is 306 g/mol. The second kappa shape index (κ2) is 8.82. The van der Waals surface area contributed by atoms with Gasteiger partial charge in [0.25, 0.3) is 0 Å². The molecule has 5 nitrogen and oxygen atoms in total. The molecule has 0 aliphatic heterocycles. The van der Waals surface area contributed by atoms with Crippen molar-refractivity contribution in [2.45, 2.75) is 20.8 Å². The maximum absolute atomic E-state index is 8.61. The molecule has 2 aromatic carbocycles. The fourth-order valence-corrected chi connectivity index (χ4v) is 2.39. The molecule has 1 N–H and O–H groups in total. The van der Waals surface area contributed by atoms with E-state index in [0.29, 0.717) is 31.3 Å². The SMILES string of the molecule is CCOc1cc(C=NO)ccc1OCCOc1cc(C)cc(C)c1. The first-order valence-electron chi connectivity index (χ1n) is 7.90. The van der Waals surface area contributed by atoms with Gasteiger partial charge in [-0.25, -0.2) is 0 Å². The van der Waals surface area contributed by atoms with Crippen LogP contribution in [0.2, 0.25) is 0 Å². The third kappa shape index (κ3) is 5.19. The zero-order chi connectivity index (χ0) is 17.4. The van der Waals surface area contributed by atoms with E-state index in [1.54, 1.807) is 18.2 Å². The Hall–Kier alpha value is -2.69. The maximum Gasteiger partial charge on any atom is 0.161 e. The van der Waals surface area contributed by atoms with Crippen LogP contribution in [0, 0.1) is 13.8 Å². The third-order valence-electron chi connectivity index (χ3n) is 3.28. The molecule has 0 saturated heterocycles. The molecule has 0 heterocycles. The zero-order valence-corrected chi connectivity index (χ0v) is 14.3. The molecule has 0 saturated carbocycles. The standard InChI is InChI=1S/C19H23NO4/c1-4-22-19-12-16(13-20-21)5-6-18(19)24-8-7-23-17-10-14(2)9-15(3)11-17/h5-6,9-13,21H,4,7-8H2,1-3H3. The molecule has 24 heavy (non-hydrogen) atoms. The van der Waals surface area contributed by atoms with Crippen LogP contribution < -0.4 is 14.2 Å². The van der Waals surface area contributed by atoms with Crippen molar-refractivity contribution in [3.8, 4) is 17.2 Å². The molecule has 0 aliphatic carbocycles. The lowest BCUT2D eigenvalue weighted by Crippen LogP contribution is -2.10. The molecule has 0 aliphatic rings. The van der Waals surface area contributed by atoms with E-state index in [-0.39, 0.29) is 0 Å². The largest absolute Gasteiger partial charge is 0.490 e. The van der Waals surface area contributed by atoms with Crippen LogP contribution in [0.15, 0.2) is 41.6 Å². The van der Waals surface area contributed by atoms with Crippen molar-refractivity contribution in [2.75, 3.05) is 19.8 Å². The summed E-state index contributed by atoms with van der Waals surface area (Å²) in [5.74, 6) is 2.09. The van der Waals surface area contributed by atoms with Crippen LogP contribution in [0.3, 0.4) is 0 Å². The molecule has 0 amide bonds. The quantitative estimate of drug-likeness (QED) is 0.344. The van der Waals surface area contributed by atoms with Crippen molar-refractivity contribution in [3.05, 3.63) is 53.1 Å². The van der Waals surface area contributed by atoms with Gasteiger partial charge in [-0.2, -0.15) is 0 Å². The van der Waals surface area contributed by atoms with Gasteiger partial charge in [0.05, 0.1) is 12.8 Å². The number of benzene rings is 2. The number of nitrogens with zero attached hydrogens (tertiary/aromatic N) is 1. The first-order chi connectivity index (χ1) is 11.6. The molecule has 0 fully saturated rings. The van der Waals surface area contributed by atoms with Crippen molar-refractivity contribution < 1.29 is 19.4 Å². The molecule has 0 spiro atoms. The Morgan fingerprint density at radius 3 is 2.29 bits per heavy atom. The number of oxime groups is 1. The van der Waals surface area contributed by atoms with Gasteiger partial charge in [-0.3, -0.25) is 0 Å². The number of ether oxygens (including phenoxy) is 3. The third-order valence-corrected chi connectivity index (χ3v) is 3.28. The normalized spacial score (nSPS) is 10.8. The van der Waals surface area contributed by atoms with Gasteiger partial charge in [-0.05, 0) is 62.2 Å². The fraction of sp³-hybridized carbons (Fsp3) is 0.316. The summed E-state index contributed by atoms with van der Waals surface area (Å²) in [6.07, 6.45) is 1.34. The number of hydrogen-bond donors (Lipinski definition) is 1. The van der Waals surface area contributed by atoms with E-state index in [0.717, 1.165) is 11.3 Å². The Morgan fingerprint density at radius 1 is 0.917 bits per heavy atom. The van der Waals surface area contributed by atoms with Crippen molar-refractivity contribution in [2.24, 2.45) is 5.16 Å². The van der Waals surface area contributed by atoms with E-state index in [9.17, 15) is 0 Å². The first-order valence-corrected chi connectivity index (χ1v) is 7.90. The second-order valence-electron chi connectivity index (χ2n) is 5.40. The van der Waals surface area contributed by atoms with Crippen LogP contribution >= 0.6 is 0 Å². The van der Waals surface area contributed by atoms with Gasteiger partial charge >= 0.3 is 0 Å². The summed E-state index contributed by atoms with van der Waals surface area (Å²) in [7, 11) is 0. The highest BCUT2D eigenvalue weighted by molar-refractivity contribution is 5.80. The molecule has 2 aromatic rings. The van der Waals surface area contributed by atoms with E-state index >= 15 is 0 Å². The van der Waals surface area contributed by atoms with Gasteiger partial charge in [0.15, 0.2) is 11.5 Å². The van der Waals surface area contributed by atoms with Crippen molar-refractivity contribution >= 4 is 6.21 Å². The van der Waals surface area contributed by atoms with Crippen molar-refractivity contribution in [3.63, 3.8) is 0 Å². The van der Waals surface area contributed by atoms with E-state index in [1.807, 2.05) is 32.9 Å². The Balaban J connectivity index is 1.93. The zero-order valence-electron chi connectivity index (χ0n) is 14.3. The van der Waals surface area contributed by atoms with E-state index < -0.39 is 0 Å². The van der Waals surface area contributed by atoms with Crippen LogP contribution in [-0.4, -0.2) is 31.2 Å². The predicted molar refractivity (Wildman–Crippen MR) is 93.9 cm³/mol. The molecule has 0 bridgehead atoms. The van der Waals surface area contributed by atoms with Gasteiger partial charge in [-0.15, -0.1) is 0 Å². The van der Waals surface area contributed by atoms with Crippen LogP contribution in [0.5, 0.6) is 17.2 Å². The summed E-state index contributed by atoms with van der Waals surface area (Å²) in [5, 5.41) is 11.6. The molecule has 5 heteroatoms. The van der Waals surface area contributed by atoms with Gasteiger partial charge in [0, 0.05) is 5.56 Å². The van der Waals surface area contributed by atoms with Crippen LogP contribution in [0.1, 0.15) is 23.6 Å². The maximum atomic E-state index is 8.61. The molecule has 0 atom stereocenters. The minimum Gasteiger partial charge on any atom is -0.490 e. The summed E-state index contributed by atoms with van der Waals surface area (Å²) in [6.45, 7) is 7.35. The minimum absolute atomic E-state index is 0.403. The lowest BCUT2D eigenvalue weighted by molar-refractivity contribution is 0.208. The van der Waals surface area contributed by atoms with Crippen LogP contribution in [-0.2, 0) is 0 Å². The summed E-state index contributed by atoms with van der Waals surface area (Å²) in [6, 6.07) is 11.5. The summed E-state index contributed by atoms with van der Waals surface area (Å²) in [4.78, 5) is 0. The molecule has 0 aromatic heterocycles. The Kier molecular flexibility index (Phi) is 6.49. The number of rotatable bonds is 8. The summed E-state index contributed by atoms with van der Waals surface area (Å²) >= 11 is 0. The van der Waals surface area contributed by atoms with E-state index in [1.165, 1.54) is 17.3 Å². The molecular formula is C19H23NO4.